The number of ketones is 1. The maximum absolute atomic E-state index is 12.8. The Labute approximate surface area is 157 Å². The van der Waals surface area contributed by atoms with E-state index in [0.29, 0.717) is 10.0 Å². The number of nitrogens with zero attached hydrogens (tertiary/aromatic N) is 3. The zero-order chi connectivity index (χ0) is 19.3. The molecular formula is C15H16FN5O3S2. The number of rotatable bonds is 6. The van der Waals surface area contributed by atoms with E-state index in [0.717, 1.165) is 23.1 Å². The van der Waals surface area contributed by atoms with Crippen LogP contribution in [0.15, 0.2) is 28.6 Å². The van der Waals surface area contributed by atoms with Crippen molar-refractivity contribution < 1.29 is 18.8 Å². The molecule has 1 heterocycles. The number of Topliss-reactive ketones (excluding diaryl/α,β-unsaturated/α-hetero) is 1. The molecule has 11 heteroatoms. The Kier molecular flexibility index (Phi) is 6.64. The number of anilines is 2. The number of thioether (sulfide) groups is 1. The molecule has 26 heavy (non-hydrogen) atoms. The van der Waals surface area contributed by atoms with Crippen molar-refractivity contribution >= 4 is 51.6 Å². The van der Waals surface area contributed by atoms with Crippen LogP contribution in [0.4, 0.5) is 20.0 Å². The second-order valence-electron chi connectivity index (χ2n) is 5.30. The molecule has 1 aromatic carbocycles. The normalized spacial score (nSPS) is 11.5. The lowest BCUT2D eigenvalue weighted by Crippen LogP contribution is -2.35. The first-order valence-electron chi connectivity index (χ1n) is 7.31. The van der Waals surface area contributed by atoms with Gasteiger partial charge in [-0.25, -0.2) is 9.18 Å². The Balaban J connectivity index is 1.98. The van der Waals surface area contributed by atoms with Gasteiger partial charge in [0.05, 0.1) is 0 Å². The van der Waals surface area contributed by atoms with Crippen LogP contribution in [0, 0.1) is 5.82 Å². The van der Waals surface area contributed by atoms with Gasteiger partial charge in [-0.1, -0.05) is 23.1 Å². The molecule has 2 aromatic rings. The van der Waals surface area contributed by atoms with Gasteiger partial charge < -0.3 is 10.2 Å². The Hall–Kier alpha value is -2.53. The second kappa shape index (κ2) is 8.72. The molecule has 0 unspecified atom stereocenters. The van der Waals surface area contributed by atoms with Gasteiger partial charge in [-0.15, -0.1) is 10.2 Å². The highest BCUT2D eigenvalue weighted by Crippen LogP contribution is 2.30. The Morgan fingerprint density at radius 3 is 2.38 bits per heavy atom. The van der Waals surface area contributed by atoms with E-state index in [1.54, 1.807) is 14.1 Å². The molecule has 138 valence electrons. The van der Waals surface area contributed by atoms with Crippen LogP contribution in [-0.2, 0) is 9.59 Å². The molecule has 0 saturated carbocycles. The predicted octanol–water partition coefficient (Wildman–Crippen LogP) is 2.46. The van der Waals surface area contributed by atoms with Gasteiger partial charge in [0, 0.05) is 19.8 Å². The highest BCUT2D eigenvalue weighted by molar-refractivity contribution is 8.03. The highest BCUT2D eigenvalue weighted by Gasteiger charge is 2.27. The molecule has 2 rings (SSSR count). The van der Waals surface area contributed by atoms with Crippen molar-refractivity contribution in [2.24, 2.45) is 0 Å². The van der Waals surface area contributed by atoms with Crippen LogP contribution in [0.2, 0.25) is 0 Å². The number of carbonyl (C=O) groups is 3. The van der Waals surface area contributed by atoms with E-state index in [1.165, 1.54) is 36.1 Å². The van der Waals surface area contributed by atoms with Crippen LogP contribution in [0.5, 0.6) is 0 Å². The Bertz CT molecular complexity index is 810. The molecule has 0 aliphatic rings. The highest BCUT2D eigenvalue weighted by atomic mass is 32.2. The van der Waals surface area contributed by atoms with E-state index < -0.39 is 17.1 Å². The lowest BCUT2D eigenvalue weighted by atomic mass is 10.3. The molecule has 0 saturated heterocycles. The number of hydrogen-bond acceptors (Lipinski definition) is 7. The first-order valence-corrected chi connectivity index (χ1v) is 9.01. The van der Waals surface area contributed by atoms with Crippen molar-refractivity contribution in [3.63, 3.8) is 0 Å². The topological polar surface area (TPSA) is 104 Å². The van der Waals surface area contributed by atoms with E-state index in [2.05, 4.69) is 20.8 Å². The quantitative estimate of drug-likeness (QED) is 0.441. The Morgan fingerprint density at radius 2 is 1.81 bits per heavy atom. The number of hydrogen-bond donors (Lipinski definition) is 2. The summed E-state index contributed by atoms with van der Waals surface area (Å²) in [4.78, 5) is 37.0. The van der Waals surface area contributed by atoms with Crippen molar-refractivity contribution in [2.75, 3.05) is 24.7 Å². The van der Waals surface area contributed by atoms with E-state index >= 15 is 0 Å². The fourth-order valence-corrected chi connectivity index (χ4v) is 3.70. The summed E-state index contributed by atoms with van der Waals surface area (Å²) in [5.74, 6) is -1.05. The summed E-state index contributed by atoms with van der Waals surface area (Å²) in [6.07, 6.45) is 0. The van der Waals surface area contributed by atoms with Crippen molar-refractivity contribution in [3.05, 3.63) is 30.1 Å². The maximum atomic E-state index is 12.8. The molecule has 0 aliphatic carbocycles. The molecule has 0 radical (unpaired) electrons. The molecule has 8 nitrogen and oxygen atoms in total. The molecule has 0 spiro atoms. The number of halogens is 1. The maximum Gasteiger partial charge on any atom is 0.325 e. The molecule has 2 N–H and O–H groups in total. The lowest BCUT2D eigenvalue weighted by molar-refractivity contribution is -0.132. The average Bonchev–Trinajstić information content (AvgIpc) is 3.00. The number of urea groups is 1. The van der Waals surface area contributed by atoms with Crippen LogP contribution >= 0.6 is 23.1 Å². The summed E-state index contributed by atoms with van der Waals surface area (Å²) in [7, 11) is 3.12. The van der Waals surface area contributed by atoms with Crippen LogP contribution in [0.25, 0.3) is 0 Å². The largest absolute Gasteiger partial charge is 0.347 e. The number of amides is 3. The fourth-order valence-electron chi connectivity index (χ4n) is 1.74. The first kappa shape index (κ1) is 19.8. The molecule has 0 aliphatic heterocycles. The summed E-state index contributed by atoms with van der Waals surface area (Å²) in [6.45, 7) is 1.33. The van der Waals surface area contributed by atoms with Crippen LogP contribution in [-0.4, -0.2) is 52.2 Å². The number of aromatic nitrogens is 2. The van der Waals surface area contributed by atoms with Crippen molar-refractivity contribution in [2.45, 2.75) is 16.5 Å². The SMILES string of the molecule is CC(=O)[C@@H](Sc1nnc(NC(=O)Nc2ccc(F)cc2)s1)C(=O)N(C)C. The van der Waals surface area contributed by atoms with E-state index in [9.17, 15) is 18.8 Å². The van der Waals surface area contributed by atoms with Crippen LogP contribution < -0.4 is 10.6 Å². The third kappa shape index (κ3) is 5.49. The predicted molar refractivity (Wildman–Crippen MR) is 98.0 cm³/mol. The third-order valence-electron chi connectivity index (χ3n) is 2.98. The smallest absolute Gasteiger partial charge is 0.325 e. The van der Waals surface area contributed by atoms with Crippen LogP contribution in [0.1, 0.15) is 6.92 Å². The zero-order valence-electron chi connectivity index (χ0n) is 14.1. The van der Waals surface area contributed by atoms with Gasteiger partial charge in [0.2, 0.25) is 11.0 Å². The number of nitrogens with one attached hydrogen (secondary N) is 2. The number of benzene rings is 1. The van der Waals surface area contributed by atoms with Gasteiger partial charge >= 0.3 is 6.03 Å². The Morgan fingerprint density at radius 1 is 1.15 bits per heavy atom. The summed E-state index contributed by atoms with van der Waals surface area (Å²) in [5.41, 5.74) is 0.413. The van der Waals surface area contributed by atoms with Gasteiger partial charge in [0.1, 0.15) is 11.1 Å². The third-order valence-corrected chi connectivity index (χ3v) is 5.21. The minimum Gasteiger partial charge on any atom is -0.347 e. The lowest BCUT2D eigenvalue weighted by Gasteiger charge is -2.16. The summed E-state index contributed by atoms with van der Waals surface area (Å²) in [5, 5.41) is 12.0. The minimum absolute atomic E-state index is 0.201. The summed E-state index contributed by atoms with van der Waals surface area (Å²) < 4.78 is 13.2. The molecule has 3 amide bonds. The fraction of sp³-hybridized carbons (Fsp3) is 0.267. The van der Waals surface area contributed by atoms with Gasteiger partial charge in [0.15, 0.2) is 10.1 Å². The first-order chi connectivity index (χ1) is 12.3. The summed E-state index contributed by atoms with van der Waals surface area (Å²) >= 11 is 2.01. The molecule has 0 bridgehead atoms. The minimum atomic E-state index is -0.918. The molecule has 1 atom stereocenters. The monoisotopic (exact) mass is 397 g/mol. The molecule has 0 fully saturated rings. The zero-order valence-corrected chi connectivity index (χ0v) is 15.8. The van der Waals surface area contributed by atoms with Crippen molar-refractivity contribution in [1.82, 2.24) is 15.1 Å². The van der Waals surface area contributed by atoms with Crippen LogP contribution in [0.3, 0.4) is 0 Å². The van der Waals surface area contributed by atoms with Gasteiger partial charge in [0.25, 0.3) is 0 Å². The van der Waals surface area contributed by atoms with Gasteiger partial charge in [-0.05, 0) is 31.2 Å². The average molecular weight is 397 g/mol. The molecule has 1 aromatic heterocycles. The second-order valence-corrected chi connectivity index (χ2v) is 7.63. The van der Waals surface area contributed by atoms with E-state index in [-0.39, 0.29) is 16.8 Å². The van der Waals surface area contributed by atoms with E-state index in [1.807, 2.05) is 0 Å². The standard InChI is InChI=1S/C15H16FN5O3S2/c1-8(22)11(12(23)21(2)3)25-15-20-19-14(26-15)18-13(24)17-10-6-4-9(16)5-7-10/h4-7,11H,1-3H3,(H2,17,18,19,24)/t11-/m1/s1. The van der Waals surface area contributed by atoms with Gasteiger partial charge in [-0.2, -0.15) is 0 Å². The van der Waals surface area contributed by atoms with Crippen molar-refractivity contribution in [1.29, 1.82) is 0 Å². The van der Waals surface area contributed by atoms with E-state index in [4.69, 9.17) is 0 Å². The summed E-state index contributed by atoms with van der Waals surface area (Å²) in [6, 6.07) is 4.70. The molecular weight excluding hydrogens is 381 g/mol. The van der Waals surface area contributed by atoms with Gasteiger partial charge in [-0.3, -0.25) is 14.9 Å². The number of carbonyl (C=O) groups excluding carboxylic acids is 3. The van der Waals surface area contributed by atoms with Crippen molar-refractivity contribution in [3.8, 4) is 0 Å².